The molecule has 108 valence electrons. The van der Waals surface area contributed by atoms with Crippen molar-refractivity contribution in [2.45, 2.75) is 12.2 Å². The normalized spacial score (nSPS) is 14.2. The highest BCUT2D eigenvalue weighted by atomic mass is 16.5. The van der Waals surface area contributed by atoms with E-state index >= 15 is 0 Å². The number of aliphatic hydroxyl groups is 2. The molecule has 0 amide bonds. The quantitative estimate of drug-likeness (QED) is 0.572. The average molecular weight is 279 g/mol. The minimum absolute atomic E-state index is 0.252. The number of fused-ring (bicyclic) bond motifs is 1. The Bertz CT molecular complexity index is 611. The van der Waals surface area contributed by atoms with Gasteiger partial charge in [0.1, 0.15) is 6.10 Å². The number of methoxy groups -OCH3 is 1. The van der Waals surface area contributed by atoms with Crippen LogP contribution < -0.4 is 5.32 Å². The Hall–Kier alpha value is -1.96. The number of carbonyl (C=O) groups excluding carboxylic acids is 1. The molecule has 0 saturated carbocycles. The van der Waals surface area contributed by atoms with Gasteiger partial charge >= 0.3 is 5.97 Å². The summed E-state index contributed by atoms with van der Waals surface area (Å²) in [6.45, 7) is 0.252. The lowest BCUT2D eigenvalue weighted by atomic mass is 10.1. The Morgan fingerprint density at radius 2 is 2.25 bits per heavy atom. The van der Waals surface area contributed by atoms with Crippen LogP contribution in [0.5, 0.6) is 0 Å². The third-order valence-corrected chi connectivity index (χ3v) is 3.08. The van der Waals surface area contributed by atoms with Gasteiger partial charge in [-0.15, -0.1) is 0 Å². The average Bonchev–Trinajstić information content (AvgIpc) is 2.88. The number of H-pyrrole nitrogens is 1. The van der Waals surface area contributed by atoms with E-state index in [0.29, 0.717) is 22.2 Å². The van der Waals surface area contributed by atoms with Crippen molar-refractivity contribution in [2.75, 3.05) is 20.7 Å². The van der Waals surface area contributed by atoms with Crippen LogP contribution in [0.15, 0.2) is 18.2 Å². The first kappa shape index (κ1) is 14.4. The van der Waals surface area contributed by atoms with E-state index in [1.165, 1.54) is 7.11 Å². The molecule has 2 atom stereocenters. The Morgan fingerprint density at radius 3 is 2.90 bits per heavy atom. The van der Waals surface area contributed by atoms with Crippen molar-refractivity contribution in [3.05, 3.63) is 29.5 Å². The molecule has 2 unspecified atom stereocenters. The van der Waals surface area contributed by atoms with Crippen molar-refractivity contribution in [2.24, 2.45) is 0 Å². The lowest BCUT2D eigenvalue weighted by Gasteiger charge is -2.16. The molecule has 2 aromatic rings. The molecule has 1 aromatic heterocycles. The number of hydrogen-bond acceptors (Lipinski definition) is 6. The van der Waals surface area contributed by atoms with Gasteiger partial charge in [-0.2, -0.15) is 5.10 Å². The van der Waals surface area contributed by atoms with Crippen LogP contribution in [0, 0.1) is 0 Å². The lowest BCUT2D eigenvalue weighted by Crippen LogP contribution is -2.29. The molecule has 0 aliphatic carbocycles. The predicted octanol–water partition coefficient (Wildman–Crippen LogP) is -0.0368. The van der Waals surface area contributed by atoms with Gasteiger partial charge in [-0.25, -0.2) is 4.79 Å². The number of ether oxygens (including phenoxy) is 1. The van der Waals surface area contributed by atoms with Gasteiger partial charge in [0, 0.05) is 11.9 Å². The van der Waals surface area contributed by atoms with E-state index in [1.54, 1.807) is 25.2 Å². The molecule has 0 aliphatic rings. The van der Waals surface area contributed by atoms with Gasteiger partial charge in [0.15, 0.2) is 0 Å². The smallest absolute Gasteiger partial charge is 0.337 e. The second-order valence-corrected chi connectivity index (χ2v) is 4.43. The van der Waals surface area contributed by atoms with Crippen LogP contribution in [0.3, 0.4) is 0 Å². The van der Waals surface area contributed by atoms with E-state index in [0.717, 1.165) is 0 Å². The zero-order valence-electron chi connectivity index (χ0n) is 11.3. The SMILES string of the molecule is CNCC(O)C(O)c1[nH]nc2cc(C(=O)OC)ccc12. The van der Waals surface area contributed by atoms with Gasteiger partial charge in [-0.05, 0) is 25.2 Å². The number of benzene rings is 1. The van der Waals surface area contributed by atoms with E-state index in [2.05, 4.69) is 20.3 Å². The predicted molar refractivity (Wildman–Crippen MR) is 72.3 cm³/mol. The summed E-state index contributed by atoms with van der Waals surface area (Å²) < 4.78 is 4.64. The summed E-state index contributed by atoms with van der Waals surface area (Å²) in [5, 5.41) is 30.0. The second kappa shape index (κ2) is 6.00. The standard InChI is InChI=1S/C13H17N3O4/c1-14-6-10(17)12(18)11-8-4-3-7(13(19)20-2)5-9(8)15-16-11/h3-5,10,12,14,17-18H,6H2,1-2H3,(H,15,16). The van der Waals surface area contributed by atoms with Crippen molar-refractivity contribution in [1.82, 2.24) is 15.5 Å². The van der Waals surface area contributed by atoms with Crippen LogP contribution in [0.2, 0.25) is 0 Å². The molecule has 7 nitrogen and oxygen atoms in total. The molecule has 0 radical (unpaired) electrons. The molecule has 0 aliphatic heterocycles. The monoisotopic (exact) mass is 279 g/mol. The first-order valence-electron chi connectivity index (χ1n) is 6.15. The summed E-state index contributed by atoms with van der Waals surface area (Å²) in [6, 6.07) is 4.82. The molecule has 20 heavy (non-hydrogen) atoms. The maximum absolute atomic E-state index is 11.4. The van der Waals surface area contributed by atoms with Crippen molar-refractivity contribution in [1.29, 1.82) is 0 Å². The van der Waals surface area contributed by atoms with Crippen LogP contribution in [0.1, 0.15) is 22.2 Å². The maximum atomic E-state index is 11.4. The van der Waals surface area contributed by atoms with Crippen LogP contribution in [0.4, 0.5) is 0 Å². The number of esters is 1. The van der Waals surface area contributed by atoms with Gasteiger partial charge in [-0.3, -0.25) is 5.10 Å². The highest BCUT2D eigenvalue weighted by Crippen LogP contribution is 2.24. The molecule has 0 fully saturated rings. The Kier molecular flexibility index (Phi) is 4.33. The Labute approximate surface area is 115 Å². The fourth-order valence-electron chi connectivity index (χ4n) is 2.02. The zero-order chi connectivity index (χ0) is 14.7. The zero-order valence-corrected chi connectivity index (χ0v) is 11.3. The van der Waals surface area contributed by atoms with Crippen LogP contribution >= 0.6 is 0 Å². The molecule has 4 N–H and O–H groups in total. The number of nitrogens with one attached hydrogen (secondary N) is 2. The summed E-state index contributed by atoms with van der Waals surface area (Å²) in [5.74, 6) is -0.452. The maximum Gasteiger partial charge on any atom is 0.337 e. The number of likely N-dealkylation sites (N-methyl/N-ethyl adjacent to an activating group) is 1. The van der Waals surface area contributed by atoms with E-state index in [4.69, 9.17) is 0 Å². The molecule has 7 heteroatoms. The molecule has 0 bridgehead atoms. The topological polar surface area (TPSA) is 107 Å². The van der Waals surface area contributed by atoms with Crippen LogP contribution in [0.25, 0.3) is 10.9 Å². The molecular weight excluding hydrogens is 262 g/mol. The fourth-order valence-corrected chi connectivity index (χ4v) is 2.02. The molecule has 0 spiro atoms. The summed E-state index contributed by atoms with van der Waals surface area (Å²) in [6.07, 6.45) is -2.04. The Morgan fingerprint density at radius 1 is 1.50 bits per heavy atom. The van der Waals surface area contributed by atoms with E-state index in [1.807, 2.05) is 0 Å². The van der Waals surface area contributed by atoms with Crippen molar-refractivity contribution in [3.8, 4) is 0 Å². The van der Waals surface area contributed by atoms with Gasteiger partial charge in [0.2, 0.25) is 0 Å². The first-order valence-corrected chi connectivity index (χ1v) is 6.15. The summed E-state index contributed by atoms with van der Waals surface area (Å²) in [7, 11) is 2.99. The minimum atomic E-state index is -1.09. The van der Waals surface area contributed by atoms with Gasteiger partial charge in [0.25, 0.3) is 0 Å². The number of hydrogen-bond donors (Lipinski definition) is 4. The van der Waals surface area contributed by atoms with Crippen LogP contribution in [-0.4, -0.2) is 53.2 Å². The molecular formula is C13H17N3O4. The number of nitrogens with zero attached hydrogens (tertiary/aromatic N) is 1. The number of aromatic amines is 1. The van der Waals surface area contributed by atoms with Crippen molar-refractivity contribution in [3.63, 3.8) is 0 Å². The third-order valence-electron chi connectivity index (χ3n) is 3.08. The summed E-state index contributed by atoms with van der Waals surface area (Å²) >= 11 is 0. The second-order valence-electron chi connectivity index (χ2n) is 4.43. The fraction of sp³-hybridized carbons (Fsp3) is 0.385. The summed E-state index contributed by atoms with van der Waals surface area (Å²) in [4.78, 5) is 11.4. The molecule has 0 saturated heterocycles. The highest BCUT2D eigenvalue weighted by Gasteiger charge is 2.22. The molecule has 1 heterocycles. The number of aliphatic hydroxyl groups excluding tert-OH is 2. The van der Waals surface area contributed by atoms with Crippen molar-refractivity contribution < 1.29 is 19.7 Å². The van der Waals surface area contributed by atoms with Gasteiger partial charge < -0.3 is 20.3 Å². The number of aromatic nitrogens is 2. The first-order chi connectivity index (χ1) is 9.58. The third kappa shape index (κ3) is 2.64. The lowest BCUT2D eigenvalue weighted by molar-refractivity contribution is 0.0185. The van der Waals surface area contributed by atoms with E-state index < -0.39 is 18.2 Å². The van der Waals surface area contributed by atoms with E-state index in [9.17, 15) is 15.0 Å². The largest absolute Gasteiger partial charge is 0.465 e. The van der Waals surface area contributed by atoms with Crippen LogP contribution in [-0.2, 0) is 4.74 Å². The van der Waals surface area contributed by atoms with Crippen molar-refractivity contribution >= 4 is 16.9 Å². The van der Waals surface area contributed by atoms with Gasteiger partial charge in [0.05, 0.1) is 30.0 Å². The van der Waals surface area contributed by atoms with E-state index in [-0.39, 0.29) is 6.54 Å². The number of rotatable bonds is 5. The molecule has 1 aromatic carbocycles. The number of carbonyl (C=O) groups is 1. The summed E-state index contributed by atoms with van der Waals surface area (Å²) in [5.41, 5.74) is 1.32. The molecule has 2 rings (SSSR count). The Balaban J connectivity index is 2.35. The highest BCUT2D eigenvalue weighted by molar-refractivity contribution is 5.94. The van der Waals surface area contributed by atoms with Gasteiger partial charge in [-0.1, -0.05) is 0 Å². The minimum Gasteiger partial charge on any atom is -0.465 e.